The predicted octanol–water partition coefficient (Wildman–Crippen LogP) is 2.10. The number of aliphatic hydroxyl groups excluding tert-OH is 1. The van der Waals surface area contributed by atoms with Crippen LogP contribution in [0.5, 0.6) is 0 Å². The minimum atomic E-state index is -0.595. The lowest BCUT2D eigenvalue weighted by Crippen LogP contribution is -2.52. The van der Waals surface area contributed by atoms with E-state index < -0.39 is 6.10 Å². The van der Waals surface area contributed by atoms with Crippen LogP contribution >= 0.6 is 0 Å². The Morgan fingerprint density at radius 2 is 2.04 bits per heavy atom. The molecule has 1 aromatic carbocycles. The zero-order chi connectivity index (χ0) is 16.4. The number of carbonyl (C=O) groups excluding carboxylic acids is 1. The van der Waals surface area contributed by atoms with Crippen molar-refractivity contribution in [2.45, 2.75) is 63.2 Å². The van der Waals surface area contributed by atoms with Crippen LogP contribution in [0, 0.1) is 0 Å². The minimum Gasteiger partial charge on any atom is -0.388 e. The molecule has 0 unspecified atom stereocenters. The van der Waals surface area contributed by atoms with Gasteiger partial charge >= 0.3 is 0 Å². The van der Waals surface area contributed by atoms with Gasteiger partial charge in [-0.2, -0.15) is 0 Å². The molecular formula is C19H27NO3. The van der Waals surface area contributed by atoms with Crippen LogP contribution in [0.3, 0.4) is 0 Å². The molecule has 1 N–H and O–H groups in total. The summed E-state index contributed by atoms with van der Waals surface area (Å²) in [4.78, 5) is 14.4. The summed E-state index contributed by atoms with van der Waals surface area (Å²) in [7, 11) is 3.43. The van der Waals surface area contributed by atoms with E-state index in [2.05, 4.69) is 18.2 Å². The fourth-order valence-electron chi connectivity index (χ4n) is 4.02. The Balaban J connectivity index is 1.65. The lowest BCUT2D eigenvalue weighted by Gasteiger charge is -2.39. The van der Waals surface area contributed by atoms with Gasteiger partial charge in [0.1, 0.15) is 6.10 Å². The third kappa shape index (κ3) is 3.43. The molecule has 126 valence electrons. The molecule has 0 heterocycles. The van der Waals surface area contributed by atoms with Gasteiger partial charge in [-0.15, -0.1) is 0 Å². The molecule has 3 atom stereocenters. The smallest absolute Gasteiger partial charge is 0.227 e. The van der Waals surface area contributed by atoms with E-state index in [-0.39, 0.29) is 18.1 Å². The van der Waals surface area contributed by atoms with Gasteiger partial charge in [-0.05, 0) is 55.2 Å². The topological polar surface area (TPSA) is 49.8 Å². The minimum absolute atomic E-state index is 0.0729. The molecule has 0 bridgehead atoms. The van der Waals surface area contributed by atoms with E-state index >= 15 is 0 Å². The third-order valence-electron chi connectivity index (χ3n) is 5.48. The molecule has 0 radical (unpaired) electrons. The van der Waals surface area contributed by atoms with Crippen molar-refractivity contribution >= 4 is 5.91 Å². The van der Waals surface area contributed by atoms with Gasteiger partial charge in [0.2, 0.25) is 5.91 Å². The highest BCUT2D eigenvalue weighted by molar-refractivity contribution is 5.79. The van der Waals surface area contributed by atoms with Crippen LogP contribution in [-0.4, -0.2) is 48.3 Å². The molecule has 23 heavy (non-hydrogen) atoms. The van der Waals surface area contributed by atoms with Crippen LogP contribution < -0.4 is 0 Å². The van der Waals surface area contributed by atoms with Crippen molar-refractivity contribution in [3.05, 3.63) is 34.9 Å². The van der Waals surface area contributed by atoms with Crippen LogP contribution in [-0.2, 0) is 28.8 Å². The first-order valence-electron chi connectivity index (χ1n) is 8.67. The summed E-state index contributed by atoms with van der Waals surface area (Å²) < 4.78 is 5.34. The van der Waals surface area contributed by atoms with Gasteiger partial charge in [-0.3, -0.25) is 4.79 Å². The maximum atomic E-state index is 12.6. The van der Waals surface area contributed by atoms with Crippen LogP contribution in [0.4, 0.5) is 0 Å². The number of nitrogens with zero attached hydrogens (tertiary/aromatic N) is 1. The Bertz CT molecular complexity index is 572. The standard InChI is InChI=1S/C19H27NO3/c1-20(16-7-4-8-17(23-2)19(16)22)18(21)12-13-9-10-14-5-3-6-15(14)11-13/h9-11,16-17,19,22H,3-8,12H2,1-2H3/t16-,17-,19-/m1/s1. The number of methoxy groups -OCH3 is 1. The summed E-state index contributed by atoms with van der Waals surface area (Å²) in [6.07, 6.45) is 5.85. The number of benzene rings is 1. The number of aliphatic hydroxyl groups is 1. The van der Waals surface area contributed by atoms with E-state index in [1.165, 1.54) is 17.5 Å². The molecule has 4 heteroatoms. The second-order valence-corrected chi connectivity index (χ2v) is 6.90. The highest BCUT2D eigenvalue weighted by Gasteiger charge is 2.35. The second kappa shape index (κ2) is 7.02. The number of amides is 1. The van der Waals surface area contributed by atoms with Gasteiger partial charge in [0.05, 0.1) is 18.6 Å². The first kappa shape index (κ1) is 16.5. The SMILES string of the molecule is CO[C@@H]1CCC[C@@H](N(C)C(=O)Cc2ccc3c(c2)CCC3)[C@H]1O. The van der Waals surface area contributed by atoms with Gasteiger partial charge in [0, 0.05) is 14.2 Å². The normalized spacial score (nSPS) is 26.8. The lowest BCUT2D eigenvalue weighted by molar-refractivity contribution is -0.139. The fourth-order valence-corrected chi connectivity index (χ4v) is 4.02. The number of fused-ring (bicyclic) bond motifs is 1. The summed E-state index contributed by atoms with van der Waals surface area (Å²) in [5.41, 5.74) is 3.91. The molecule has 2 aliphatic carbocycles. The zero-order valence-electron chi connectivity index (χ0n) is 14.1. The molecule has 1 aromatic rings. The van der Waals surface area contributed by atoms with Crippen LogP contribution in [0.1, 0.15) is 42.4 Å². The predicted molar refractivity (Wildman–Crippen MR) is 89.4 cm³/mol. The van der Waals surface area contributed by atoms with Gasteiger partial charge in [-0.1, -0.05) is 18.2 Å². The average Bonchev–Trinajstić information content (AvgIpc) is 3.02. The number of ether oxygens (including phenoxy) is 1. The molecule has 0 spiro atoms. The summed E-state index contributed by atoms with van der Waals surface area (Å²) in [6, 6.07) is 6.28. The molecular weight excluding hydrogens is 290 g/mol. The van der Waals surface area contributed by atoms with Crippen molar-refractivity contribution in [1.82, 2.24) is 4.90 Å². The highest BCUT2D eigenvalue weighted by Crippen LogP contribution is 2.26. The van der Waals surface area contributed by atoms with Crippen LogP contribution in [0.15, 0.2) is 18.2 Å². The first-order valence-corrected chi connectivity index (χ1v) is 8.67. The summed E-state index contributed by atoms with van der Waals surface area (Å²) in [5, 5.41) is 10.4. The van der Waals surface area contributed by atoms with E-state index in [1.54, 1.807) is 12.0 Å². The Hall–Kier alpha value is -1.39. The molecule has 0 aliphatic heterocycles. The lowest BCUT2D eigenvalue weighted by atomic mass is 9.88. The number of carbonyl (C=O) groups is 1. The van der Waals surface area contributed by atoms with E-state index in [4.69, 9.17) is 4.74 Å². The Labute approximate surface area is 138 Å². The quantitative estimate of drug-likeness (QED) is 0.925. The largest absolute Gasteiger partial charge is 0.388 e. The van der Waals surface area contributed by atoms with Crippen molar-refractivity contribution < 1.29 is 14.6 Å². The molecule has 1 saturated carbocycles. The Morgan fingerprint density at radius 1 is 1.26 bits per heavy atom. The molecule has 1 amide bonds. The first-order chi connectivity index (χ1) is 11.1. The molecule has 2 aliphatic rings. The number of hydrogen-bond acceptors (Lipinski definition) is 3. The van der Waals surface area contributed by atoms with Crippen molar-refractivity contribution in [3.8, 4) is 0 Å². The van der Waals surface area contributed by atoms with Gasteiger partial charge < -0.3 is 14.7 Å². The van der Waals surface area contributed by atoms with Crippen molar-refractivity contribution in [2.75, 3.05) is 14.2 Å². The van der Waals surface area contributed by atoms with Crippen molar-refractivity contribution in [1.29, 1.82) is 0 Å². The van der Waals surface area contributed by atoms with E-state index in [9.17, 15) is 9.90 Å². The number of hydrogen-bond donors (Lipinski definition) is 1. The highest BCUT2D eigenvalue weighted by atomic mass is 16.5. The maximum Gasteiger partial charge on any atom is 0.227 e. The summed E-state index contributed by atoms with van der Waals surface area (Å²) >= 11 is 0. The monoisotopic (exact) mass is 317 g/mol. The summed E-state index contributed by atoms with van der Waals surface area (Å²) in [5.74, 6) is 0.0729. The van der Waals surface area contributed by atoms with E-state index in [1.807, 2.05) is 7.05 Å². The zero-order valence-corrected chi connectivity index (χ0v) is 14.1. The number of aryl methyl sites for hydroxylation is 2. The molecule has 3 rings (SSSR count). The van der Waals surface area contributed by atoms with Crippen LogP contribution in [0.25, 0.3) is 0 Å². The van der Waals surface area contributed by atoms with E-state index in [0.717, 1.165) is 37.7 Å². The van der Waals surface area contributed by atoms with Crippen LogP contribution in [0.2, 0.25) is 0 Å². The average molecular weight is 317 g/mol. The fraction of sp³-hybridized carbons (Fsp3) is 0.632. The molecule has 1 fully saturated rings. The summed E-state index contributed by atoms with van der Waals surface area (Å²) in [6.45, 7) is 0. The Morgan fingerprint density at radius 3 is 2.83 bits per heavy atom. The maximum absolute atomic E-state index is 12.6. The number of likely N-dealkylation sites (N-methyl/N-ethyl adjacent to an activating group) is 1. The van der Waals surface area contributed by atoms with Crippen molar-refractivity contribution in [3.63, 3.8) is 0 Å². The third-order valence-corrected chi connectivity index (χ3v) is 5.48. The van der Waals surface area contributed by atoms with Gasteiger partial charge in [0.15, 0.2) is 0 Å². The Kier molecular flexibility index (Phi) is 5.02. The molecule has 0 saturated heterocycles. The van der Waals surface area contributed by atoms with Crippen molar-refractivity contribution in [2.24, 2.45) is 0 Å². The van der Waals surface area contributed by atoms with Gasteiger partial charge in [0.25, 0.3) is 0 Å². The van der Waals surface area contributed by atoms with E-state index in [0.29, 0.717) is 6.42 Å². The van der Waals surface area contributed by atoms with Gasteiger partial charge in [-0.25, -0.2) is 0 Å². The number of rotatable bonds is 4. The molecule has 4 nitrogen and oxygen atoms in total. The second-order valence-electron chi connectivity index (χ2n) is 6.90. The molecule has 0 aromatic heterocycles.